The largest absolute Gasteiger partial charge is 0.497 e. The van der Waals surface area contributed by atoms with Crippen LogP contribution >= 0.6 is 0 Å². The van der Waals surface area contributed by atoms with Crippen molar-refractivity contribution in [3.05, 3.63) is 24.3 Å². The molecule has 0 bridgehead atoms. The van der Waals surface area contributed by atoms with Crippen molar-refractivity contribution in [3.63, 3.8) is 0 Å². The standard InChI is InChI=1S/C13H20N2O3S/c1-18-12-2-4-13(5-3-12)19(16,17)15-9-7-11-6-8-14-10-11/h2-5,11,14-15H,6-10H2,1H3. The monoisotopic (exact) mass is 284 g/mol. The Morgan fingerprint density at radius 1 is 1.37 bits per heavy atom. The van der Waals surface area contributed by atoms with Gasteiger partial charge in [0.15, 0.2) is 0 Å². The predicted molar refractivity (Wildman–Crippen MR) is 73.8 cm³/mol. The van der Waals surface area contributed by atoms with Gasteiger partial charge in [0.05, 0.1) is 12.0 Å². The van der Waals surface area contributed by atoms with E-state index in [1.54, 1.807) is 31.4 Å². The molecular formula is C13H20N2O3S. The van der Waals surface area contributed by atoms with E-state index < -0.39 is 10.0 Å². The van der Waals surface area contributed by atoms with Crippen LogP contribution in [0.1, 0.15) is 12.8 Å². The lowest BCUT2D eigenvalue weighted by atomic mass is 10.1. The summed E-state index contributed by atoms with van der Waals surface area (Å²) in [5, 5.41) is 3.27. The van der Waals surface area contributed by atoms with Crippen LogP contribution in [0, 0.1) is 5.92 Å². The maximum absolute atomic E-state index is 12.0. The Balaban J connectivity index is 1.89. The third-order valence-electron chi connectivity index (χ3n) is 3.38. The minimum Gasteiger partial charge on any atom is -0.497 e. The Morgan fingerprint density at radius 2 is 2.11 bits per heavy atom. The van der Waals surface area contributed by atoms with Crippen LogP contribution in [-0.4, -0.2) is 35.2 Å². The summed E-state index contributed by atoms with van der Waals surface area (Å²) in [5.41, 5.74) is 0. The Bertz CT molecular complexity index is 493. The molecule has 2 rings (SSSR count). The van der Waals surface area contributed by atoms with Crippen LogP contribution in [0.5, 0.6) is 5.75 Å². The molecule has 106 valence electrons. The van der Waals surface area contributed by atoms with Gasteiger partial charge in [-0.3, -0.25) is 0 Å². The molecule has 1 aromatic carbocycles. The first-order valence-electron chi connectivity index (χ1n) is 6.46. The van der Waals surface area contributed by atoms with Gasteiger partial charge >= 0.3 is 0 Å². The molecule has 1 fully saturated rings. The van der Waals surface area contributed by atoms with E-state index >= 15 is 0 Å². The summed E-state index contributed by atoms with van der Waals surface area (Å²) in [5.74, 6) is 1.23. The first-order chi connectivity index (χ1) is 9.12. The molecule has 6 heteroatoms. The summed E-state index contributed by atoms with van der Waals surface area (Å²) >= 11 is 0. The number of hydrogen-bond acceptors (Lipinski definition) is 4. The Labute approximate surface area is 114 Å². The van der Waals surface area contributed by atoms with Crippen LogP contribution in [0.2, 0.25) is 0 Å². The molecule has 0 amide bonds. The van der Waals surface area contributed by atoms with E-state index in [0.29, 0.717) is 18.2 Å². The normalized spacial score (nSPS) is 19.5. The zero-order valence-corrected chi connectivity index (χ0v) is 11.9. The third-order valence-corrected chi connectivity index (χ3v) is 4.85. The predicted octanol–water partition coefficient (Wildman–Crippen LogP) is 0.973. The smallest absolute Gasteiger partial charge is 0.240 e. The van der Waals surface area contributed by atoms with Gasteiger partial charge in [0.25, 0.3) is 0 Å². The van der Waals surface area contributed by atoms with Crippen LogP contribution in [0.25, 0.3) is 0 Å². The first kappa shape index (κ1) is 14.3. The van der Waals surface area contributed by atoms with Gasteiger partial charge in [-0.1, -0.05) is 0 Å². The third kappa shape index (κ3) is 3.92. The molecule has 1 aliphatic rings. The van der Waals surface area contributed by atoms with Crippen LogP contribution in [-0.2, 0) is 10.0 Å². The Morgan fingerprint density at radius 3 is 2.68 bits per heavy atom. The summed E-state index contributed by atoms with van der Waals surface area (Å²) in [6, 6.07) is 6.40. The number of ether oxygens (including phenoxy) is 1. The van der Waals surface area contributed by atoms with Gasteiger partial charge in [-0.25, -0.2) is 13.1 Å². The zero-order chi connectivity index (χ0) is 13.7. The van der Waals surface area contributed by atoms with Crippen LogP contribution in [0.4, 0.5) is 0 Å². The molecule has 0 spiro atoms. The van der Waals surface area contributed by atoms with Crippen molar-refractivity contribution in [1.29, 1.82) is 0 Å². The SMILES string of the molecule is COc1ccc(S(=O)(=O)NCCC2CCNC2)cc1. The van der Waals surface area contributed by atoms with Crippen molar-refractivity contribution in [3.8, 4) is 5.75 Å². The van der Waals surface area contributed by atoms with E-state index in [0.717, 1.165) is 25.9 Å². The Hall–Kier alpha value is -1.11. The number of hydrogen-bond donors (Lipinski definition) is 2. The quantitative estimate of drug-likeness (QED) is 0.817. The lowest BCUT2D eigenvalue weighted by Crippen LogP contribution is -2.26. The van der Waals surface area contributed by atoms with Crippen molar-refractivity contribution < 1.29 is 13.2 Å². The number of nitrogens with one attached hydrogen (secondary N) is 2. The second kappa shape index (κ2) is 6.36. The molecule has 0 radical (unpaired) electrons. The molecule has 0 aliphatic carbocycles. The van der Waals surface area contributed by atoms with Crippen molar-refractivity contribution >= 4 is 10.0 Å². The molecule has 1 atom stereocenters. The molecule has 5 nitrogen and oxygen atoms in total. The maximum atomic E-state index is 12.0. The highest BCUT2D eigenvalue weighted by Gasteiger charge is 2.17. The number of benzene rings is 1. The van der Waals surface area contributed by atoms with Gasteiger partial charge in [0.1, 0.15) is 5.75 Å². The summed E-state index contributed by atoms with van der Waals surface area (Å²) < 4.78 is 31.7. The van der Waals surface area contributed by atoms with E-state index in [9.17, 15) is 8.42 Å². The van der Waals surface area contributed by atoms with Crippen molar-refractivity contribution in [2.45, 2.75) is 17.7 Å². The minimum absolute atomic E-state index is 0.276. The average Bonchev–Trinajstić information content (AvgIpc) is 2.92. The molecule has 0 aromatic heterocycles. The molecule has 1 saturated heterocycles. The van der Waals surface area contributed by atoms with E-state index in [2.05, 4.69) is 10.0 Å². The van der Waals surface area contributed by atoms with E-state index in [4.69, 9.17) is 4.74 Å². The van der Waals surface area contributed by atoms with Crippen LogP contribution < -0.4 is 14.8 Å². The van der Waals surface area contributed by atoms with Crippen LogP contribution in [0.15, 0.2) is 29.2 Å². The fraction of sp³-hybridized carbons (Fsp3) is 0.538. The summed E-state index contributed by atoms with van der Waals surface area (Å²) in [6.45, 7) is 2.51. The lowest BCUT2D eigenvalue weighted by Gasteiger charge is -2.10. The molecule has 1 aromatic rings. The molecule has 2 N–H and O–H groups in total. The number of rotatable bonds is 6. The van der Waals surface area contributed by atoms with Crippen molar-refractivity contribution in [1.82, 2.24) is 10.0 Å². The fourth-order valence-corrected chi connectivity index (χ4v) is 3.24. The minimum atomic E-state index is -3.40. The van der Waals surface area contributed by atoms with Gasteiger partial charge < -0.3 is 10.1 Å². The number of methoxy groups -OCH3 is 1. The average molecular weight is 284 g/mol. The summed E-state index contributed by atoms with van der Waals surface area (Å²) in [6.07, 6.45) is 2.01. The van der Waals surface area contributed by atoms with Crippen molar-refractivity contribution in [2.75, 3.05) is 26.7 Å². The maximum Gasteiger partial charge on any atom is 0.240 e. The molecule has 1 heterocycles. The summed E-state index contributed by atoms with van der Waals surface area (Å²) in [4.78, 5) is 0.276. The first-order valence-corrected chi connectivity index (χ1v) is 7.94. The zero-order valence-electron chi connectivity index (χ0n) is 11.1. The van der Waals surface area contributed by atoms with Gasteiger partial charge in [-0.05, 0) is 56.1 Å². The highest BCUT2D eigenvalue weighted by molar-refractivity contribution is 7.89. The Kier molecular flexibility index (Phi) is 4.79. The number of sulfonamides is 1. The van der Waals surface area contributed by atoms with Crippen molar-refractivity contribution in [2.24, 2.45) is 5.92 Å². The van der Waals surface area contributed by atoms with Gasteiger partial charge in [0, 0.05) is 6.54 Å². The van der Waals surface area contributed by atoms with Gasteiger partial charge in [0.2, 0.25) is 10.0 Å². The van der Waals surface area contributed by atoms with Gasteiger partial charge in [-0.15, -0.1) is 0 Å². The highest BCUT2D eigenvalue weighted by Crippen LogP contribution is 2.16. The van der Waals surface area contributed by atoms with Gasteiger partial charge in [-0.2, -0.15) is 0 Å². The highest BCUT2D eigenvalue weighted by atomic mass is 32.2. The fourth-order valence-electron chi connectivity index (χ4n) is 2.20. The van der Waals surface area contributed by atoms with Crippen LogP contribution in [0.3, 0.4) is 0 Å². The molecule has 1 aliphatic heterocycles. The van der Waals surface area contributed by atoms with E-state index in [1.807, 2.05) is 0 Å². The van der Waals surface area contributed by atoms with E-state index in [1.165, 1.54) is 0 Å². The molecular weight excluding hydrogens is 264 g/mol. The topological polar surface area (TPSA) is 67.4 Å². The molecule has 19 heavy (non-hydrogen) atoms. The lowest BCUT2D eigenvalue weighted by molar-refractivity contribution is 0.414. The molecule has 1 unspecified atom stereocenters. The van der Waals surface area contributed by atoms with E-state index in [-0.39, 0.29) is 4.90 Å². The summed E-state index contributed by atoms with van der Waals surface area (Å²) in [7, 11) is -1.85. The molecule has 0 saturated carbocycles. The second-order valence-corrected chi connectivity index (χ2v) is 6.49. The second-order valence-electron chi connectivity index (χ2n) is 4.72.